The number of pyridine rings is 1. The van der Waals surface area contributed by atoms with Crippen LogP contribution in [0.3, 0.4) is 0 Å². The van der Waals surface area contributed by atoms with Crippen molar-refractivity contribution in [3.63, 3.8) is 0 Å². The first-order chi connectivity index (χ1) is 9.85. The standard InChI is InChI=1S/C17H15NO2/c1-19-15-9-7-14-8-10-17(18-16(14)11-15)20-12-13-5-3-2-4-6-13/h2-11H,12H2,1H3. The second kappa shape index (κ2) is 5.61. The van der Waals surface area contributed by atoms with Crippen LogP contribution in [-0.2, 0) is 6.61 Å². The molecule has 0 atom stereocenters. The van der Waals surface area contributed by atoms with Crippen LogP contribution in [0.5, 0.6) is 11.6 Å². The molecule has 0 fully saturated rings. The first kappa shape index (κ1) is 12.5. The minimum atomic E-state index is 0.517. The van der Waals surface area contributed by atoms with E-state index in [1.807, 2.05) is 60.7 Å². The maximum Gasteiger partial charge on any atom is 0.214 e. The number of aromatic nitrogens is 1. The van der Waals surface area contributed by atoms with E-state index in [0.717, 1.165) is 22.2 Å². The summed E-state index contributed by atoms with van der Waals surface area (Å²) in [6.45, 7) is 0.517. The highest BCUT2D eigenvalue weighted by Crippen LogP contribution is 2.22. The van der Waals surface area contributed by atoms with Crippen molar-refractivity contribution in [3.05, 3.63) is 66.2 Å². The van der Waals surface area contributed by atoms with Gasteiger partial charge in [0, 0.05) is 17.5 Å². The van der Waals surface area contributed by atoms with Crippen molar-refractivity contribution >= 4 is 10.9 Å². The first-order valence-corrected chi connectivity index (χ1v) is 6.47. The number of hydrogen-bond donors (Lipinski definition) is 0. The highest BCUT2D eigenvalue weighted by atomic mass is 16.5. The van der Waals surface area contributed by atoms with Gasteiger partial charge in [0.15, 0.2) is 0 Å². The zero-order valence-electron chi connectivity index (χ0n) is 11.2. The molecule has 0 saturated heterocycles. The molecule has 0 unspecified atom stereocenters. The van der Waals surface area contributed by atoms with Gasteiger partial charge in [-0.25, -0.2) is 4.98 Å². The fraction of sp³-hybridized carbons (Fsp3) is 0.118. The number of nitrogens with zero attached hydrogens (tertiary/aromatic N) is 1. The Morgan fingerprint density at radius 1 is 0.950 bits per heavy atom. The molecule has 0 spiro atoms. The molecule has 3 heteroatoms. The molecule has 3 aromatic rings. The van der Waals surface area contributed by atoms with Crippen LogP contribution in [0.15, 0.2) is 60.7 Å². The highest BCUT2D eigenvalue weighted by Gasteiger charge is 2.01. The van der Waals surface area contributed by atoms with Gasteiger partial charge in [-0.05, 0) is 23.8 Å². The van der Waals surface area contributed by atoms with E-state index in [1.165, 1.54) is 0 Å². The third-order valence-electron chi connectivity index (χ3n) is 3.10. The van der Waals surface area contributed by atoms with Gasteiger partial charge in [-0.2, -0.15) is 0 Å². The summed E-state index contributed by atoms with van der Waals surface area (Å²) in [6, 6.07) is 19.8. The Kier molecular flexibility index (Phi) is 3.50. The van der Waals surface area contributed by atoms with E-state index in [9.17, 15) is 0 Å². The monoisotopic (exact) mass is 265 g/mol. The van der Waals surface area contributed by atoms with Crippen LogP contribution in [-0.4, -0.2) is 12.1 Å². The van der Waals surface area contributed by atoms with Crippen LogP contribution in [0.4, 0.5) is 0 Å². The summed E-state index contributed by atoms with van der Waals surface area (Å²) in [5.74, 6) is 1.42. The normalized spacial score (nSPS) is 10.4. The van der Waals surface area contributed by atoms with Gasteiger partial charge in [-0.3, -0.25) is 0 Å². The Hall–Kier alpha value is -2.55. The lowest BCUT2D eigenvalue weighted by molar-refractivity contribution is 0.295. The molecule has 20 heavy (non-hydrogen) atoms. The van der Waals surface area contributed by atoms with E-state index < -0.39 is 0 Å². The number of methoxy groups -OCH3 is 1. The van der Waals surface area contributed by atoms with Crippen molar-refractivity contribution in [2.45, 2.75) is 6.61 Å². The van der Waals surface area contributed by atoms with E-state index in [2.05, 4.69) is 4.98 Å². The maximum absolute atomic E-state index is 5.72. The molecule has 1 aromatic heterocycles. The predicted molar refractivity (Wildman–Crippen MR) is 79.1 cm³/mol. The van der Waals surface area contributed by atoms with Crippen LogP contribution >= 0.6 is 0 Å². The van der Waals surface area contributed by atoms with Gasteiger partial charge >= 0.3 is 0 Å². The lowest BCUT2D eigenvalue weighted by Gasteiger charge is -2.07. The number of benzene rings is 2. The fourth-order valence-corrected chi connectivity index (χ4v) is 2.02. The van der Waals surface area contributed by atoms with E-state index in [-0.39, 0.29) is 0 Å². The summed E-state index contributed by atoms with van der Waals surface area (Å²) >= 11 is 0. The topological polar surface area (TPSA) is 31.4 Å². The second-order valence-electron chi connectivity index (χ2n) is 4.48. The average molecular weight is 265 g/mol. The van der Waals surface area contributed by atoms with E-state index in [0.29, 0.717) is 12.5 Å². The van der Waals surface area contributed by atoms with Crippen LogP contribution < -0.4 is 9.47 Å². The number of rotatable bonds is 4. The Morgan fingerprint density at radius 2 is 1.75 bits per heavy atom. The Bertz CT molecular complexity index is 711. The number of ether oxygens (including phenoxy) is 2. The highest BCUT2D eigenvalue weighted by molar-refractivity contribution is 5.80. The van der Waals surface area contributed by atoms with Gasteiger partial charge in [-0.1, -0.05) is 30.3 Å². The predicted octanol–water partition coefficient (Wildman–Crippen LogP) is 3.82. The van der Waals surface area contributed by atoms with Crippen LogP contribution in [0.2, 0.25) is 0 Å². The first-order valence-electron chi connectivity index (χ1n) is 6.47. The van der Waals surface area contributed by atoms with E-state index in [4.69, 9.17) is 9.47 Å². The van der Waals surface area contributed by atoms with Crippen molar-refractivity contribution in [2.75, 3.05) is 7.11 Å². The minimum Gasteiger partial charge on any atom is -0.497 e. The quantitative estimate of drug-likeness (QED) is 0.718. The average Bonchev–Trinajstić information content (AvgIpc) is 2.53. The molecule has 3 nitrogen and oxygen atoms in total. The number of fused-ring (bicyclic) bond motifs is 1. The molecule has 0 bridgehead atoms. The summed E-state index contributed by atoms with van der Waals surface area (Å²) in [5.41, 5.74) is 2.00. The molecule has 3 rings (SSSR count). The fourth-order valence-electron chi connectivity index (χ4n) is 2.02. The van der Waals surface area contributed by atoms with Gasteiger partial charge in [-0.15, -0.1) is 0 Å². The van der Waals surface area contributed by atoms with Gasteiger partial charge < -0.3 is 9.47 Å². The molecule has 1 heterocycles. The smallest absolute Gasteiger partial charge is 0.214 e. The molecule has 0 aliphatic carbocycles. The van der Waals surface area contributed by atoms with E-state index >= 15 is 0 Å². The van der Waals surface area contributed by atoms with Crippen molar-refractivity contribution in [1.82, 2.24) is 4.98 Å². The summed E-state index contributed by atoms with van der Waals surface area (Å²) in [7, 11) is 1.65. The molecule has 0 saturated carbocycles. The zero-order chi connectivity index (χ0) is 13.8. The third kappa shape index (κ3) is 2.72. The molecule has 0 aliphatic heterocycles. The molecule has 0 aliphatic rings. The molecule has 2 aromatic carbocycles. The Morgan fingerprint density at radius 3 is 2.55 bits per heavy atom. The molecule has 0 amide bonds. The molecule has 0 N–H and O–H groups in total. The molecular weight excluding hydrogens is 250 g/mol. The largest absolute Gasteiger partial charge is 0.497 e. The van der Waals surface area contributed by atoms with Crippen LogP contribution in [0.25, 0.3) is 10.9 Å². The summed E-state index contributed by atoms with van der Waals surface area (Å²) in [5, 5.41) is 1.07. The van der Waals surface area contributed by atoms with Crippen molar-refractivity contribution in [1.29, 1.82) is 0 Å². The SMILES string of the molecule is COc1ccc2ccc(OCc3ccccc3)nc2c1. The summed E-state index contributed by atoms with van der Waals surface area (Å²) in [6.07, 6.45) is 0. The maximum atomic E-state index is 5.72. The van der Waals surface area contributed by atoms with Crippen LogP contribution in [0.1, 0.15) is 5.56 Å². The molecular formula is C17H15NO2. The Labute approximate surface area is 117 Å². The third-order valence-corrected chi connectivity index (χ3v) is 3.10. The summed E-state index contributed by atoms with van der Waals surface area (Å²) < 4.78 is 10.9. The number of hydrogen-bond acceptors (Lipinski definition) is 3. The van der Waals surface area contributed by atoms with Crippen molar-refractivity contribution in [2.24, 2.45) is 0 Å². The second-order valence-corrected chi connectivity index (χ2v) is 4.48. The van der Waals surface area contributed by atoms with Crippen molar-refractivity contribution < 1.29 is 9.47 Å². The molecule has 100 valence electrons. The zero-order valence-corrected chi connectivity index (χ0v) is 11.2. The lowest BCUT2D eigenvalue weighted by Crippen LogP contribution is -1.97. The van der Waals surface area contributed by atoms with Gasteiger partial charge in [0.1, 0.15) is 12.4 Å². The summed E-state index contributed by atoms with van der Waals surface area (Å²) in [4.78, 5) is 4.50. The van der Waals surface area contributed by atoms with E-state index in [1.54, 1.807) is 7.11 Å². The Balaban J connectivity index is 1.81. The van der Waals surface area contributed by atoms with Crippen molar-refractivity contribution in [3.8, 4) is 11.6 Å². The lowest BCUT2D eigenvalue weighted by atomic mass is 10.2. The van der Waals surface area contributed by atoms with Gasteiger partial charge in [0.25, 0.3) is 0 Å². The minimum absolute atomic E-state index is 0.517. The molecule has 0 radical (unpaired) electrons. The van der Waals surface area contributed by atoms with Crippen LogP contribution in [0, 0.1) is 0 Å². The van der Waals surface area contributed by atoms with Gasteiger partial charge in [0.2, 0.25) is 5.88 Å². The van der Waals surface area contributed by atoms with Gasteiger partial charge in [0.05, 0.1) is 12.6 Å².